The van der Waals surface area contributed by atoms with Gasteiger partial charge in [0.05, 0.1) is 0 Å². The predicted molar refractivity (Wildman–Crippen MR) is 110 cm³/mol. The van der Waals surface area contributed by atoms with Crippen molar-refractivity contribution < 1.29 is 14.6 Å². The first-order chi connectivity index (χ1) is 13.6. The summed E-state index contributed by atoms with van der Waals surface area (Å²) in [5, 5.41) is 18.1. The number of hydrogen-bond donors (Lipinski definition) is 3. The second kappa shape index (κ2) is 7.87. The van der Waals surface area contributed by atoms with E-state index in [1.165, 1.54) is 20.0 Å². The van der Waals surface area contributed by atoms with Gasteiger partial charge < -0.3 is 20.5 Å². The molecule has 2 heterocycles. The quantitative estimate of drug-likeness (QED) is 0.765. The molecule has 2 aromatic rings. The molecule has 28 heavy (non-hydrogen) atoms. The minimum atomic E-state index is -1.55. The van der Waals surface area contributed by atoms with Crippen LogP contribution in [0.2, 0.25) is 0 Å². The van der Waals surface area contributed by atoms with Crippen LogP contribution < -0.4 is 10.6 Å². The van der Waals surface area contributed by atoms with Gasteiger partial charge in [0.2, 0.25) is 0 Å². The first-order valence-electron chi connectivity index (χ1n) is 9.80. The second-order valence-electron chi connectivity index (χ2n) is 7.46. The van der Waals surface area contributed by atoms with Crippen molar-refractivity contribution in [3.05, 3.63) is 71.3 Å². The Morgan fingerprint density at radius 3 is 2.71 bits per heavy atom. The van der Waals surface area contributed by atoms with Crippen molar-refractivity contribution in [3.63, 3.8) is 0 Å². The van der Waals surface area contributed by atoms with Gasteiger partial charge in [-0.2, -0.15) is 0 Å². The summed E-state index contributed by atoms with van der Waals surface area (Å²) in [6.07, 6.45) is 6.83. The molecule has 0 spiro atoms. The van der Waals surface area contributed by atoms with E-state index in [1.807, 2.05) is 48.5 Å². The molecular formula is C23H26N2O3. The predicted octanol–water partition coefficient (Wildman–Crippen LogP) is 3.04. The molecule has 5 nitrogen and oxygen atoms in total. The van der Waals surface area contributed by atoms with Crippen LogP contribution in [0.5, 0.6) is 0 Å². The van der Waals surface area contributed by atoms with Crippen molar-refractivity contribution in [2.45, 2.75) is 37.0 Å². The van der Waals surface area contributed by atoms with Gasteiger partial charge in [0, 0.05) is 24.4 Å². The van der Waals surface area contributed by atoms with E-state index in [4.69, 9.17) is 4.74 Å². The summed E-state index contributed by atoms with van der Waals surface area (Å²) in [4.78, 5) is 12.6. The van der Waals surface area contributed by atoms with Crippen molar-refractivity contribution in [2.24, 2.45) is 0 Å². The smallest absolute Gasteiger partial charge is 0.257 e. The molecular weight excluding hydrogens is 352 g/mol. The lowest BCUT2D eigenvalue weighted by Crippen LogP contribution is -2.52. The van der Waals surface area contributed by atoms with Gasteiger partial charge in [-0.25, -0.2) is 0 Å². The zero-order valence-corrected chi connectivity index (χ0v) is 16.0. The van der Waals surface area contributed by atoms with E-state index in [1.54, 1.807) is 0 Å². The molecule has 0 aromatic heterocycles. The summed E-state index contributed by atoms with van der Waals surface area (Å²) in [7, 11) is 1.45. The molecule has 1 fully saturated rings. The number of ether oxygens (including phenoxy) is 1. The molecule has 0 aliphatic carbocycles. The Balaban J connectivity index is 1.75. The van der Waals surface area contributed by atoms with E-state index in [-0.39, 0.29) is 5.91 Å². The van der Waals surface area contributed by atoms with Crippen LogP contribution >= 0.6 is 0 Å². The molecule has 3 atom stereocenters. The van der Waals surface area contributed by atoms with Crippen LogP contribution in [0.1, 0.15) is 36.0 Å². The molecule has 0 radical (unpaired) electrons. The first-order valence-corrected chi connectivity index (χ1v) is 9.80. The highest BCUT2D eigenvalue weighted by Crippen LogP contribution is 2.42. The SMILES string of the molecule is COC1C(=O)Nc2ccc(/C=C/C3CCCCN3)cc2C1(O)c1ccccc1. The van der Waals surface area contributed by atoms with E-state index >= 15 is 0 Å². The van der Waals surface area contributed by atoms with Crippen LogP contribution in [0.4, 0.5) is 5.69 Å². The molecule has 2 aromatic carbocycles. The number of rotatable bonds is 4. The van der Waals surface area contributed by atoms with Gasteiger partial charge in [-0.3, -0.25) is 4.79 Å². The van der Waals surface area contributed by atoms with Crippen molar-refractivity contribution in [3.8, 4) is 0 Å². The number of piperidine rings is 1. The molecule has 5 heteroatoms. The molecule has 146 valence electrons. The maximum Gasteiger partial charge on any atom is 0.257 e. The molecule has 0 bridgehead atoms. The first kappa shape index (κ1) is 18.9. The average Bonchev–Trinajstić information content (AvgIpc) is 2.74. The Morgan fingerprint density at radius 2 is 2.00 bits per heavy atom. The molecule has 1 amide bonds. The van der Waals surface area contributed by atoms with Gasteiger partial charge in [0.25, 0.3) is 5.91 Å². The highest BCUT2D eigenvalue weighted by molar-refractivity contribution is 5.99. The van der Waals surface area contributed by atoms with Crippen molar-refractivity contribution in [2.75, 3.05) is 19.0 Å². The Kier molecular flexibility index (Phi) is 5.31. The zero-order valence-electron chi connectivity index (χ0n) is 16.0. The number of hydrogen-bond acceptors (Lipinski definition) is 4. The number of carbonyl (C=O) groups excluding carboxylic acids is 1. The zero-order chi connectivity index (χ0) is 19.6. The van der Waals surface area contributed by atoms with Crippen LogP contribution in [-0.4, -0.2) is 36.8 Å². The number of amides is 1. The molecule has 3 unspecified atom stereocenters. The lowest BCUT2D eigenvalue weighted by molar-refractivity contribution is -0.142. The fourth-order valence-corrected chi connectivity index (χ4v) is 4.17. The van der Waals surface area contributed by atoms with E-state index in [0.717, 1.165) is 18.5 Å². The number of methoxy groups -OCH3 is 1. The van der Waals surface area contributed by atoms with Gasteiger partial charge in [0.15, 0.2) is 11.7 Å². The Hall–Kier alpha value is -2.47. The molecule has 4 rings (SSSR count). The second-order valence-corrected chi connectivity index (χ2v) is 7.46. The largest absolute Gasteiger partial charge is 0.377 e. The monoisotopic (exact) mass is 378 g/mol. The topological polar surface area (TPSA) is 70.6 Å². The summed E-state index contributed by atoms with van der Waals surface area (Å²) < 4.78 is 5.44. The van der Waals surface area contributed by atoms with E-state index in [2.05, 4.69) is 22.8 Å². The Bertz CT molecular complexity index is 875. The van der Waals surface area contributed by atoms with Gasteiger partial charge in [0.1, 0.15) is 0 Å². The number of fused-ring (bicyclic) bond motifs is 1. The molecule has 2 aliphatic rings. The van der Waals surface area contributed by atoms with Crippen LogP contribution in [0.3, 0.4) is 0 Å². The fraction of sp³-hybridized carbons (Fsp3) is 0.348. The van der Waals surface area contributed by atoms with Gasteiger partial charge >= 0.3 is 0 Å². The highest BCUT2D eigenvalue weighted by atomic mass is 16.5. The Labute approximate surface area is 165 Å². The molecule has 2 aliphatic heterocycles. The molecule has 3 N–H and O–H groups in total. The minimum Gasteiger partial charge on any atom is -0.377 e. The van der Waals surface area contributed by atoms with Crippen LogP contribution in [-0.2, 0) is 15.1 Å². The lowest BCUT2D eigenvalue weighted by atomic mass is 9.77. The number of carbonyl (C=O) groups is 1. The van der Waals surface area contributed by atoms with E-state index < -0.39 is 11.7 Å². The van der Waals surface area contributed by atoms with E-state index in [9.17, 15) is 9.90 Å². The molecule has 0 saturated carbocycles. The summed E-state index contributed by atoms with van der Waals surface area (Å²) >= 11 is 0. The number of nitrogens with one attached hydrogen (secondary N) is 2. The third-order valence-electron chi connectivity index (χ3n) is 5.65. The van der Waals surface area contributed by atoms with Crippen molar-refractivity contribution in [1.29, 1.82) is 0 Å². The summed E-state index contributed by atoms with van der Waals surface area (Å²) in [5.41, 5.74) is 1.31. The van der Waals surface area contributed by atoms with Gasteiger partial charge in [-0.1, -0.05) is 55.0 Å². The Morgan fingerprint density at radius 1 is 1.18 bits per heavy atom. The van der Waals surface area contributed by atoms with Crippen LogP contribution in [0.15, 0.2) is 54.6 Å². The normalized spacial score (nSPS) is 27.4. The maximum absolute atomic E-state index is 12.6. The van der Waals surface area contributed by atoms with Gasteiger partial charge in [-0.05, 0) is 42.6 Å². The average molecular weight is 378 g/mol. The van der Waals surface area contributed by atoms with Crippen molar-refractivity contribution >= 4 is 17.7 Å². The molecule has 1 saturated heterocycles. The summed E-state index contributed by atoms with van der Waals surface area (Å²) in [5.74, 6) is -0.351. The highest BCUT2D eigenvalue weighted by Gasteiger charge is 2.49. The van der Waals surface area contributed by atoms with Crippen LogP contribution in [0.25, 0.3) is 6.08 Å². The van der Waals surface area contributed by atoms with E-state index in [0.29, 0.717) is 22.9 Å². The van der Waals surface area contributed by atoms with Gasteiger partial charge in [-0.15, -0.1) is 0 Å². The third-order valence-corrected chi connectivity index (χ3v) is 5.65. The number of anilines is 1. The number of benzene rings is 2. The summed E-state index contributed by atoms with van der Waals surface area (Å²) in [6.45, 7) is 1.05. The fourth-order valence-electron chi connectivity index (χ4n) is 4.17. The summed E-state index contributed by atoms with van der Waals surface area (Å²) in [6, 6.07) is 15.4. The lowest BCUT2D eigenvalue weighted by Gasteiger charge is -2.40. The minimum absolute atomic E-state index is 0.351. The maximum atomic E-state index is 12.6. The standard InChI is InChI=1S/C23H26N2O3/c1-28-21-22(26)25-20-13-11-16(10-12-18-9-5-6-14-24-18)15-19(20)23(21,27)17-7-3-2-4-8-17/h2-4,7-8,10-13,15,18,21,24,27H,5-6,9,14H2,1H3,(H,25,26)/b12-10+. The van der Waals surface area contributed by atoms with Crippen LogP contribution in [0, 0.1) is 0 Å². The van der Waals surface area contributed by atoms with Crippen molar-refractivity contribution in [1.82, 2.24) is 5.32 Å². The number of aliphatic hydroxyl groups is 1. The third kappa shape index (κ3) is 3.37.